The van der Waals surface area contributed by atoms with Crippen molar-refractivity contribution in [1.29, 1.82) is 0 Å². The molecular formula is C20H15N3. The molecule has 0 radical (unpaired) electrons. The average Bonchev–Trinajstić information content (AvgIpc) is 3.12. The summed E-state index contributed by atoms with van der Waals surface area (Å²) in [6.07, 6.45) is 0.386. The van der Waals surface area contributed by atoms with Gasteiger partial charge in [0.1, 0.15) is 6.17 Å². The van der Waals surface area contributed by atoms with Gasteiger partial charge in [0.25, 0.3) is 0 Å². The molecule has 0 spiro atoms. The highest BCUT2D eigenvalue weighted by molar-refractivity contribution is 6.12. The van der Waals surface area contributed by atoms with E-state index in [9.17, 15) is 0 Å². The molecule has 2 aliphatic heterocycles. The molecule has 3 aromatic carbocycles. The third-order valence-electron chi connectivity index (χ3n) is 5.27. The maximum atomic E-state index is 6.21. The van der Waals surface area contributed by atoms with Crippen molar-refractivity contribution < 1.29 is 0 Å². The molecule has 0 amide bonds. The highest BCUT2D eigenvalue weighted by Gasteiger charge is 2.56. The summed E-state index contributed by atoms with van der Waals surface area (Å²) in [4.78, 5) is 2.48. The van der Waals surface area contributed by atoms with E-state index in [1.807, 2.05) is 0 Å². The second-order valence-electron chi connectivity index (χ2n) is 6.49. The van der Waals surface area contributed by atoms with Crippen LogP contribution in [0.4, 0.5) is 11.4 Å². The van der Waals surface area contributed by atoms with Gasteiger partial charge in [0.05, 0.1) is 17.1 Å². The first-order valence-corrected chi connectivity index (χ1v) is 8.00. The second kappa shape index (κ2) is 3.69. The molecule has 4 aromatic rings. The zero-order valence-electron chi connectivity index (χ0n) is 12.5. The van der Waals surface area contributed by atoms with Crippen molar-refractivity contribution in [2.75, 3.05) is 10.6 Å². The number of benzene rings is 3. The van der Waals surface area contributed by atoms with Crippen molar-refractivity contribution >= 4 is 33.2 Å². The molecule has 3 heteroatoms. The Hall–Kier alpha value is -2.94. The third kappa shape index (κ3) is 1.27. The van der Waals surface area contributed by atoms with Gasteiger partial charge in [0.15, 0.2) is 0 Å². The standard InChI is InChI=1S/C20H15N3/c21-12-10-15-14-8-4-5-9-17(14)23-18(15)16(11-12)19-20(23)22(19)13-6-2-1-3-7-13/h1-11,19-20H,21H2. The van der Waals surface area contributed by atoms with Crippen molar-refractivity contribution in [3.05, 3.63) is 72.3 Å². The molecule has 2 N–H and O–H groups in total. The molecule has 23 heavy (non-hydrogen) atoms. The van der Waals surface area contributed by atoms with Gasteiger partial charge in [-0.3, -0.25) is 0 Å². The highest BCUT2D eigenvalue weighted by Crippen LogP contribution is 2.62. The molecule has 2 atom stereocenters. The van der Waals surface area contributed by atoms with Gasteiger partial charge in [0.2, 0.25) is 0 Å². The van der Waals surface area contributed by atoms with Crippen LogP contribution in [0, 0.1) is 0 Å². The number of aromatic nitrogens is 1. The zero-order valence-corrected chi connectivity index (χ0v) is 12.5. The van der Waals surface area contributed by atoms with Gasteiger partial charge >= 0.3 is 0 Å². The quantitative estimate of drug-likeness (QED) is 0.416. The number of anilines is 2. The molecule has 1 aromatic heterocycles. The van der Waals surface area contributed by atoms with Crippen molar-refractivity contribution in [3.8, 4) is 0 Å². The van der Waals surface area contributed by atoms with E-state index in [0.29, 0.717) is 12.2 Å². The molecular weight excluding hydrogens is 282 g/mol. The lowest BCUT2D eigenvalue weighted by atomic mass is 10.1. The Morgan fingerprint density at radius 2 is 1.61 bits per heavy atom. The SMILES string of the molecule is Nc1cc2c3c(c1)c1ccccc1n3C1C2N1c1ccccc1. The second-order valence-corrected chi connectivity index (χ2v) is 6.49. The average molecular weight is 297 g/mol. The smallest absolute Gasteiger partial charge is 0.132 e. The predicted octanol–water partition coefficient (Wildman–Crippen LogP) is 4.45. The Bertz CT molecular complexity index is 1090. The van der Waals surface area contributed by atoms with Crippen LogP contribution in [-0.4, -0.2) is 4.57 Å². The van der Waals surface area contributed by atoms with E-state index in [0.717, 1.165) is 5.69 Å². The van der Waals surface area contributed by atoms with Crippen LogP contribution in [0.5, 0.6) is 0 Å². The monoisotopic (exact) mass is 297 g/mol. The fraction of sp³-hybridized carbons (Fsp3) is 0.100. The van der Waals surface area contributed by atoms with E-state index in [1.54, 1.807) is 0 Å². The molecule has 2 unspecified atom stereocenters. The van der Waals surface area contributed by atoms with Gasteiger partial charge in [-0.15, -0.1) is 0 Å². The van der Waals surface area contributed by atoms with E-state index in [-0.39, 0.29) is 0 Å². The van der Waals surface area contributed by atoms with Crippen LogP contribution in [0.3, 0.4) is 0 Å². The normalized spacial score (nSPS) is 21.1. The van der Waals surface area contributed by atoms with Crippen LogP contribution in [-0.2, 0) is 0 Å². The number of nitrogens with zero attached hydrogens (tertiary/aromatic N) is 2. The minimum atomic E-state index is 0.386. The van der Waals surface area contributed by atoms with Gasteiger partial charge in [0, 0.05) is 27.7 Å². The fourth-order valence-electron chi connectivity index (χ4n) is 4.39. The summed E-state index contributed by atoms with van der Waals surface area (Å²) in [5.74, 6) is 0. The summed E-state index contributed by atoms with van der Waals surface area (Å²) in [5.41, 5.74) is 12.4. The molecule has 110 valence electrons. The molecule has 3 heterocycles. The number of hydrogen-bond donors (Lipinski definition) is 1. The maximum absolute atomic E-state index is 6.21. The fourth-order valence-corrected chi connectivity index (χ4v) is 4.39. The molecule has 0 aliphatic carbocycles. The third-order valence-corrected chi connectivity index (χ3v) is 5.27. The molecule has 3 nitrogen and oxygen atoms in total. The Morgan fingerprint density at radius 1 is 0.826 bits per heavy atom. The molecule has 6 rings (SSSR count). The summed E-state index contributed by atoms with van der Waals surface area (Å²) in [5, 5.41) is 2.59. The van der Waals surface area contributed by atoms with Gasteiger partial charge in [-0.2, -0.15) is 0 Å². The van der Waals surface area contributed by atoms with Gasteiger partial charge in [-0.1, -0.05) is 36.4 Å². The molecule has 1 saturated heterocycles. The number of rotatable bonds is 1. The molecule has 0 saturated carbocycles. The van der Waals surface area contributed by atoms with Gasteiger partial charge in [-0.25, -0.2) is 0 Å². The van der Waals surface area contributed by atoms with Crippen LogP contribution in [0.1, 0.15) is 17.8 Å². The number of para-hydroxylation sites is 2. The Labute approximate surface area is 133 Å². The van der Waals surface area contributed by atoms with Crippen LogP contribution in [0.25, 0.3) is 21.8 Å². The van der Waals surface area contributed by atoms with Crippen LogP contribution < -0.4 is 10.6 Å². The van der Waals surface area contributed by atoms with Crippen molar-refractivity contribution in [2.45, 2.75) is 12.2 Å². The number of nitrogen functional groups attached to an aromatic ring is 1. The lowest BCUT2D eigenvalue weighted by Crippen LogP contribution is -2.04. The van der Waals surface area contributed by atoms with E-state index in [2.05, 4.69) is 76.2 Å². The van der Waals surface area contributed by atoms with E-state index < -0.39 is 0 Å². The first-order valence-electron chi connectivity index (χ1n) is 8.00. The Kier molecular flexibility index (Phi) is 1.86. The summed E-state index contributed by atoms with van der Waals surface area (Å²) < 4.78 is 2.50. The Morgan fingerprint density at radius 3 is 2.48 bits per heavy atom. The van der Waals surface area contributed by atoms with Crippen LogP contribution in [0.15, 0.2) is 66.7 Å². The summed E-state index contributed by atoms with van der Waals surface area (Å²) in [7, 11) is 0. The van der Waals surface area contributed by atoms with E-state index >= 15 is 0 Å². The maximum Gasteiger partial charge on any atom is 0.132 e. The van der Waals surface area contributed by atoms with E-state index in [1.165, 1.54) is 33.1 Å². The Balaban J connectivity index is 1.69. The first kappa shape index (κ1) is 11.6. The van der Waals surface area contributed by atoms with Crippen molar-refractivity contribution in [3.63, 3.8) is 0 Å². The summed E-state index contributed by atoms with van der Waals surface area (Å²) >= 11 is 0. The van der Waals surface area contributed by atoms with Gasteiger partial charge < -0.3 is 15.2 Å². The lowest BCUT2D eigenvalue weighted by Gasteiger charge is -2.12. The van der Waals surface area contributed by atoms with Crippen LogP contribution in [0.2, 0.25) is 0 Å². The largest absolute Gasteiger partial charge is 0.399 e. The van der Waals surface area contributed by atoms with Crippen molar-refractivity contribution in [2.24, 2.45) is 0 Å². The zero-order chi connectivity index (χ0) is 15.1. The lowest BCUT2D eigenvalue weighted by molar-refractivity contribution is 0.808. The number of fused-ring (bicyclic) bond motifs is 6. The minimum Gasteiger partial charge on any atom is -0.399 e. The molecule has 2 aliphatic rings. The predicted molar refractivity (Wildman–Crippen MR) is 94.6 cm³/mol. The van der Waals surface area contributed by atoms with Crippen LogP contribution >= 0.6 is 0 Å². The first-order chi connectivity index (χ1) is 11.3. The van der Waals surface area contributed by atoms with Gasteiger partial charge in [-0.05, 0) is 30.3 Å². The number of nitrogens with two attached hydrogens (primary N) is 1. The van der Waals surface area contributed by atoms with Crippen molar-refractivity contribution in [1.82, 2.24) is 4.57 Å². The minimum absolute atomic E-state index is 0.386. The number of hydrogen-bond acceptors (Lipinski definition) is 2. The topological polar surface area (TPSA) is 34.0 Å². The highest BCUT2D eigenvalue weighted by atomic mass is 15.5. The summed E-state index contributed by atoms with van der Waals surface area (Å²) in [6.45, 7) is 0. The van der Waals surface area contributed by atoms with E-state index in [4.69, 9.17) is 5.73 Å². The summed E-state index contributed by atoms with van der Waals surface area (Å²) in [6, 6.07) is 24.0. The molecule has 0 bridgehead atoms. The molecule has 1 fully saturated rings.